The first kappa shape index (κ1) is 13.2. The van der Waals surface area contributed by atoms with Gasteiger partial charge in [-0.2, -0.15) is 0 Å². The zero-order chi connectivity index (χ0) is 13.8. The second-order valence-corrected chi connectivity index (χ2v) is 4.55. The van der Waals surface area contributed by atoms with E-state index < -0.39 is 0 Å². The van der Waals surface area contributed by atoms with E-state index in [-0.39, 0.29) is 5.78 Å². The first-order chi connectivity index (χ1) is 9.06. The molecule has 0 radical (unpaired) electrons. The predicted octanol–water partition coefficient (Wildman–Crippen LogP) is 3.52. The summed E-state index contributed by atoms with van der Waals surface area (Å²) in [6.07, 6.45) is 0. The number of anilines is 1. The van der Waals surface area contributed by atoms with Crippen molar-refractivity contribution >= 4 is 23.1 Å². The summed E-state index contributed by atoms with van der Waals surface area (Å²) in [7, 11) is 0. The van der Waals surface area contributed by atoms with Crippen molar-refractivity contribution in [1.29, 1.82) is 0 Å². The van der Waals surface area contributed by atoms with Gasteiger partial charge < -0.3 is 5.73 Å². The van der Waals surface area contributed by atoms with E-state index in [0.717, 1.165) is 5.56 Å². The third-order valence-electron chi connectivity index (χ3n) is 2.65. The molecule has 0 bridgehead atoms. The van der Waals surface area contributed by atoms with Crippen molar-refractivity contribution in [1.82, 2.24) is 0 Å². The first-order valence-electron chi connectivity index (χ1n) is 5.74. The molecule has 0 unspecified atom stereocenters. The summed E-state index contributed by atoms with van der Waals surface area (Å²) >= 11 is 5.89. The average molecular weight is 270 g/mol. The Kier molecular flexibility index (Phi) is 3.89. The Hall–Kier alpha value is -2.24. The monoisotopic (exact) mass is 269 g/mol. The van der Waals surface area contributed by atoms with Gasteiger partial charge in [0, 0.05) is 27.4 Å². The van der Waals surface area contributed by atoms with Crippen LogP contribution in [0.3, 0.4) is 0 Å². The molecule has 0 saturated heterocycles. The van der Waals surface area contributed by atoms with Gasteiger partial charge >= 0.3 is 0 Å². The maximum atomic E-state index is 11.2. The molecule has 19 heavy (non-hydrogen) atoms. The van der Waals surface area contributed by atoms with Crippen LogP contribution in [0.15, 0.2) is 42.5 Å². The van der Waals surface area contributed by atoms with E-state index in [1.54, 1.807) is 30.3 Å². The fraction of sp³-hybridized carbons (Fsp3) is 0.0625. The lowest BCUT2D eigenvalue weighted by atomic mass is 10.1. The number of carbonyl (C=O) groups is 1. The number of halogens is 1. The molecule has 2 rings (SSSR count). The largest absolute Gasteiger partial charge is 0.398 e. The number of nitrogen functional groups attached to an aromatic ring is 1. The van der Waals surface area contributed by atoms with Crippen molar-refractivity contribution in [3.05, 3.63) is 64.2 Å². The fourth-order valence-corrected chi connectivity index (χ4v) is 1.74. The molecule has 0 aromatic heterocycles. The van der Waals surface area contributed by atoms with Crippen molar-refractivity contribution in [2.45, 2.75) is 6.92 Å². The third-order valence-corrected chi connectivity index (χ3v) is 2.88. The Bertz CT molecular complexity index is 678. The predicted molar refractivity (Wildman–Crippen MR) is 78.3 cm³/mol. The highest BCUT2D eigenvalue weighted by Gasteiger charge is 1.98. The van der Waals surface area contributed by atoms with Crippen LogP contribution in [-0.2, 0) is 0 Å². The molecule has 0 amide bonds. The maximum Gasteiger partial charge on any atom is 0.159 e. The summed E-state index contributed by atoms with van der Waals surface area (Å²) in [6, 6.07) is 12.3. The number of benzene rings is 2. The number of Topliss-reactive ketones (excluding diaryl/α,β-unsaturated/α-hetero) is 1. The minimum atomic E-state index is 0.0404. The highest BCUT2D eigenvalue weighted by molar-refractivity contribution is 6.30. The normalized spacial score (nSPS) is 9.58. The number of carbonyl (C=O) groups excluding carboxylic acids is 1. The van der Waals surface area contributed by atoms with Gasteiger partial charge in [0.1, 0.15) is 0 Å². The topological polar surface area (TPSA) is 43.1 Å². The molecular weight excluding hydrogens is 258 g/mol. The Morgan fingerprint density at radius 1 is 1.11 bits per heavy atom. The number of rotatable bonds is 1. The zero-order valence-corrected chi connectivity index (χ0v) is 11.2. The molecule has 3 heteroatoms. The van der Waals surface area contributed by atoms with E-state index in [1.807, 2.05) is 12.1 Å². The Morgan fingerprint density at radius 3 is 2.42 bits per heavy atom. The van der Waals surface area contributed by atoms with Gasteiger partial charge in [0.2, 0.25) is 0 Å². The maximum absolute atomic E-state index is 11.2. The van der Waals surface area contributed by atoms with Crippen LogP contribution >= 0.6 is 11.6 Å². The Labute approximate surface area is 117 Å². The highest BCUT2D eigenvalue weighted by Crippen LogP contribution is 2.16. The second-order valence-electron chi connectivity index (χ2n) is 4.12. The second kappa shape index (κ2) is 5.60. The van der Waals surface area contributed by atoms with Crippen molar-refractivity contribution in [3.8, 4) is 11.8 Å². The molecule has 0 spiro atoms. The molecule has 2 nitrogen and oxygen atoms in total. The van der Waals surface area contributed by atoms with E-state index in [9.17, 15) is 4.79 Å². The summed E-state index contributed by atoms with van der Waals surface area (Å²) in [5, 5.41) is 0.602. The van der Waals surface area contributed by atoms with Gasteiger partial charge in [-0.15, -0.1) is 0 Å². The van der Waals surface area contributed by atoms with Crippen LogP contribution in [0.25, 0.3) is 0 Å². The van der Waals surface area contributed by atoms with Crippen molar-refractivity contribution in [2.24, 2.45) is 0 Å². The van der Waals surface area contributed by atoms with Gasteiger partial charge in [0.05, 0.1) is 0 Å². The number of ketones is 1. The SMILES string of the molecule is CC(=O)c1ccc(C#Cc2cc(Cl)ccc2N)cc1. The average Bonchev–Trinajstić information content (AvgIpc) is 2.40. The lowest BCUT2D eigenvalue weighted by molar-refractivity contribution is 0.101. The van der Waals surface area contributed by atoms with Crippen LogP contribution in [0.5, 0.6) is 0 Å². The molecule has 0 aliphatic carbocycles. The molecule has 2 aromatic rings. The standard InChI is InChI=1S/C16H12ClNO/c1-11(19)13-5-2-12(3-6-13)4-7-14-10-15(17)8-9-16(14)18/h2-3,5-6,8-10H,18H2,1H3. The van der Waals surface area contributed by atoms with Gasteiger partial charge in [0.25, 0.3) is 0 Å². The van der Waals surface area contributed by atoms with Gasteiger partial charge in [-0.25, -0.2) is 0 Å². The summed E-state index contributed by atoms with van der Waals surface area (Å²) in [5.41, 5.74) is 8.60. The summed E-state index contributed by atoms with van der Waals surface area (Å²) in [6.45, 7) is 1.54. The first-order valence-corrected chi connectivity index (χ1v) is 6.12. The van der Waals surface area contributed by atoms with Crippen LogP contribution in [0.4, 0.5) is 5.69 Å². The molecule has 2 N–H and O–H groups in total. The summed E-state index contributed by atoms with van der Waals surface area (Å²) in [5.74, 6) is 6.01. The molecule has 2 aromatic carbocycles. The molecule has 0 atom stereocenters. The van der Waals surface area contributed by atoms with Crippen molar-refractivity contribution < 1.29 is 4.79 Å². The van der Waals surface area contributed by atoms with E-state index in [1.165, 1.54) is 6.92 Å². The molecule has 0 saturated carbocycles. The third kappa shape index (κ3) is 3.37. The molecule has 0 heterocycles. The smallest absolute Gasteiger partial charge is 0.159 e. The lowest BCUT2D eigenvalue weighted by Crippen LogP contribution is -1.91. The van der Waals surface area contributed by atoms with Crippen LogP contribution < -0.4 is 5.73 Å². The van der Waals surface area contributed by atoms with Crippen molar-refractivity contribution in [2.75, 3.05) is 5.73 Å². The number of hydrogen-bond donors (Lipinski definition) is 1. The van der Waals surface area contributed by atoms with Crippen LogP contribution in [0, 0.1) is 11.8 Å². The van der Waals surface area contributed by atoms with E-state index in [0.29, 0.717) is 21.8 Å². The number of nitrogens with two attached hydrogens (primary N) is 1. The molecule has 0 aliphatic heterocycles. The van der Waals surface area contributed by atoms with Crippen molar-refractivity contribution in [3.63, 3.8) is 0 Å². The van der Waals surface area contributed by atoms with Gasteiger partial charge in [0.15, 0.2) is 5.78 Å². The molecule has 0 fully saturated rings. The fourth-order valence-electron chi connectivity index (χ4n) is 1.56. The van der Waals surface area contributed by atoms with E-state index >= 15 is 0 Å². The molecule has 94 valence electrons. The van der Waals surface area contributed by atoms with Crippen LogP contribution in [0.1, 0.15) is 28.4 Å². The minimum Gasteiger partial charge on any atom is -0.398 e. The van der Waals surface area contributed by atoms with Gasteiger partial charge in [-0.3, -0.25) is 4.79 Å². The van der Waals surface area contributed by atoms with Crippen LogP contribution in [-0.4, -0.2) is 5.78 Å². The summed E-state index contributed by atoms with van der Waals surface area (Å²) in [4.78, 5) is 11.2. The number of hydrogen-bond acceptors (Lipinski definition) is 2. The Balaban J connectivity index is 2.28. The lowest BCUT2D eigenvalue weighted by Gasteiger charge is -1.98. The van der Waals surface area contributed by atoms with E-state index in [2.05, 4.69) is 11.8 Å². The quantitative estimate of drug-likeness (QED) is 0.489. The van der Waals surface area contributed by atoms with Gasteiger partial charge in [-0.05, 0) is 37.3 Å². The summed E-state index contributed by atoms with van der Waals surface area (Å²) < 4.78 is 0. The van der Waals surface area contributed by atoms with Gasteiger partial charge in [-0.1, -0.05) is 35.6 Å². The zero-order valence-electron chi connectivity index (χ0n) is 10.4. The Morgan fingerprint density at radius 2 is 1.79 bits per heavy atom. The minimum absolute atomic E-state index is 0.0404. The molecule has 0 aliphatic rings. The molecular formula is C16H12ClNO. The highest BCUT2D eigenvalue weighted by atomic mass is 35.5. The van der Waals surface area contributed by atoms with E-state index in [4.69, 9.17) is 17.3 Å². The van der Waals surface area contributed by atoms with Crippen LogP contribution in [0.2, 0.25) is 5.02 Å².